The van der Waals surface area contributed by atoms with Gasteiger partial charge in [-0.2, -0.15) is 0 Å². The SMILES string of the molecule is COc1cccc(C(=O)N2CCNC(=O)[C@H](Cc3cccc(-c4ccccc4)c3)C2)c1. The zero-order valence-electron chi connectivity index (χ0n) is 17.6. The zero-order valence-corrected chi connectivity index (χ0v) is 17.6. The van der Waals surface area contributed by atoms with E-state index in [1.165, 1.54) is 0 Å². The molecule has 0 bridgehead atoms. The molecule has 3 aromatic rings. The summed E-state index contributed by atoms with van der Waals surface area (Å²) in [6.07, 6.45) is 0.578. The molecule has 3 aromatic carbocycles. The second kappa shape index (κ2) is 9.47. The Hall–Kier alpha value is -3.60. The Bertz CT molecular complexity index is 1070. The molecule has 1 aliphatic rings. The van der Waals surface area contributed by atoms with Crippen molar-refractivity contribution in [2.45, 2.75) is 6.42 Å². The fourth-order valence-electron chi connectivity index (χ4n) is 3.97. The summed E-state index contributed by atoms with van der Waals surface area (Å²) in [7, 11) is 1.58. The van der Waals surface area contributed by atoms with E-state index in [9.17, 15) is 9.59 Å². The van der Waals surface area contributed by atoms with Crippen molar-refractivity contribution in [3.63, 3.8) is 0 Å². The highest BCUT2D eigenvalue weighted by Gasteiger charge is 2.28. The molecule has 5 heteroatoms. The van der Waals surface area contributed by atoms with Gasteiger partial charge >= 0.3 is 0 Å². The van der Waals surface area contributed by atoms with Gasteiger partial charge in [0.25, 0.3) is 5.91 Å². The van der Waals surface area contributed by atoms with Crippen molar-refractivity contribution in [2.75, 3.05) is 26.7 Å². The van der Waals surface area contributed by atoms with Crippen LogP contribution in [0.3, 0.4) is 0 Å². The molecule has 5 nitrogen and oxygen atoms in total. The molecule has 0 aliphatic carbocycles. The van der Waals surface area contributed by atoms with Crippen LogP contribution in [0.5, 0.6) is 5.75 Å². The number of hydrogen-bond acceptors (Lipinski definition) is 3. The molecular weight excluding hydrogens is 388 g/mol. The number of rotatable bonds is 5. The Morgan fingerprint density at radius 3 is 2.58 bits per heavy atom. The predicted molar refractivity (Wildman–Crippen MR) is 121 cm³/mol. The van der Waals surface area contributed by atoms with E-state index in [4.69, 9.17) is 4.74 Å². The predicted octanol–water partition coefficient (Wildman–Crippen LogP) is 3.79. The summed E-state index contributed by atoms with van der Waals surface area (Å²) >= 11 is 0. The monoisotopic (exact) mass is 414 g/mol. The molecule has 1 aliphatic heterocycles. The van der Waals surface area contributed by atoms with Gasteiger partial charge in [0.15, 0.2) is 0 Å². The third-order valence-corrected chi connectivity index (χ3v) is 5.61. The first kappa shape index (κ1) is 20.7. The lowest BCUT2D eigenvalue weighted by Crippen LogP contribution is -2.37. The second-order valence-electron chi connectivity index (χ2n) is 7.74. The maximum Gasteiger partial charge on any atom is 0.254 e. The van der Waals surface area contributed by atoms with Crippen molar-refractivity contribution in [3.05, 3.63) is 90.0 Å². The van der Waals surface area contributed by atoms with E-state index in [-0.39, 0.29) is 17.7 Å². The average molecular weight is 415 g/mol. The minimum atomic E-state index is -0.303. The lowest BCUT2D eigenvalue weighted by Gasteiger charge is -2.23. The van der Waals surface area contributed by atoms with E-state index < -0.39 is 0 Å². The number of methoxy groups -OCH3 is 1. The molecule has 1 saturated heterocycles. The van der Waals surface area contributed by atoms with Crippen LogP contribution in [-0.2, 0) is 11.2 Å². The number of carbonyl (C=O) groups is 2. The number of benzene rings is 3. The van der Waals surface area contributed by atoms with Crippen LogP contribution in [0.25, 0.3) is 11.1 Å². The molecule has 31 heavy (non-hydrogen) atoms. The number of nitrogens with zero attached hydrogens (tertiary/aromatic N) is 1. The third kappa shape index (κ3) is 4.94. The molecule has 0 aromatic heterocycles. The molecule has 0 spiro atoms. The van der Waals surface area contributed by atoms with Crippen LogP contribution in [0.1, 0.15) is 15.9 Å². The lowest BCUT2D eigenvalue weighted by atomic mass is 9.95. The summed E-state index contributed by atoms with van der Waals surface area (Å²) in [5, 5.41) is 2.96. The van der Waals surface area contributed by atoms with E-state index in [2.05, 4.69) is 29.6 Å². The van der Waals surface area contributed by atoms with Gasteiger partial charge in [-0.25, -0.2) is 0 Å². The smallest absolute Gasteiger partial charge is 0.254 e. The number of amides is 2. The first-order valence-corrected chi connectivity index (χ1v) is 10.5. The van der Waals surface area contributed by atoms with Gasteiger partial charge in [0.2, 0.25) is 5.91 Å². The minimum absolute atomic E-state index is 0.00828. The van der Waals surface area contributed by atoms with E-state index in [1.807, 2.05) is 36.4 Å². The van der Waals surface area contributed by atoms with Crippen molar-refractivity contribution in [3.8, 4) is 16.9 Å². The number of carbonyl (C=O) groups excluding carboxylic acids is 2. The highest BCUT2D eigenvalue weighted by molar-refractivity contribution is 5.95. The molecule has 0 saturated carbocycles. The van der Waals surface area contributed by atoms with E-state index in [0.29, 0.717) is 37.4 Å². The van der Waals surface area contributed by atoms with Crippen molar-refractivity contribution in [1.29, 1.82) is 0 Å². The molecule has 4 rings (SSSR count). The highest BCUT2D eigenvalue weighted by Crippen LogP contribution is 2.23. The largest absolute Gasteiger partial charge is 0.497 e. The topological polar surface area (TPSA) is 58.6 Å². The average Bonchev–Trinajstić information content (AvgIpc) is 3.00. The van der Waals surface area contributed by atoms with Crippen molar-refractivity contribution in [1.82, 2.24) is 10.2 Å². The van der Waals surface area contributed by atoms with E-state index >= 15 is 0 Å². The molecule has 0 unspecified atom stereocenters. The normalized spacial score (nSPS) is 16.4. The first-order valence-electron chi connectivity index (χ1n) is 10.5. The van der Waals surface area contributed by atoms with Gasteiger partial charge in [-0.1, -0.05) is 60.7 Å². The molecule has 1 heterocycles. The van der Waals surface area contributed by atoms with Crippen LogP contribution in [0.15, 0.2) is 78.9 Å². The van der Waals surface area contributed by atoms with Gasteiger partial charge in [-0.05, 0) is 41.3 Å². The summed E-state index contributed by atoms with van der Waals surface area (Å²) in [5.41, 5.74) is 3.91. The van der Waals surface area contributed by atoms with Gasteiger partial charge in [-0.3, -0.25) is 9.59 Å². The van der Waals surface area contributed by atoms with Crippen molar-refractivity contribution >= 4 is 11.8 Å². The van der Waals surface area contributed by atoms with E-state index in [0.717, 1.165) is 16.7 Å². The van der Waals surface area contributed by atoms with Crippen LogP contribution in [0.2, 0.25) is 0 Å². The van der Waals surface area contributed by atoms with Gasteiger partial charge in [0.1, 0.15) is 5.75 Å². The summed E-state index contributed by atoms with van der Waals surface area (Å²) in [6, 6.07) is 25.6. The molecule has 1 atom stereocenters. The Kier molecular flexibility index (Phi) is 6.32. The maximum absolute atomic E-state index is 13.1. The van der Waals surface area contributed by atoms with Crippen LogP contribution in [0.4, 0.5) is 0 Å². The fourth-order valence-corrected chi connectivity index (χ4v) is 3.97. The number of hydrogen-bond donors (Lipinski definition) is 1. The standard InChI is InChI=1S/C26H26N2O3/c1-31-24-12-6-11-22(17-24)26(30)28-14-13-27-25(29)23(18-28)16-19-7-5-10-21(15-19)20-8-3-2-4-9-20/h2-12,15,17,23H,13-14,16,18H2,1H3,(H,27,29)/t23-/m1/s1. The fraction of sp³-hybridized carbons (Fsp3) is 0.231. The maximum atomic E-state index is 13.1. The Morgan fingerprint density at radius 1 is 1.00 bits per heavy atom. The molecule has 1 fully saturated rings. The van der Waals surface area contributed by atoms with Crippen LogP contribution >= 0.6 is 0 Å². The summed E-state index contributed by atoms with van der Waals surface area (Å²) in [4.78, 5) is 27.6. The first-order chi connectivity index (χ1) is 15.1. The summed E-state index contributed by atoms with van der Waals surface area (Å²) in [5.74, 6) is 0.247. The molecule has 1 N–H and O–H groups in total. The highest BCUT2D eigenvalue weighted by atomic mass is 16.5. The van der Waals surface area contributed by atoms with Crippen LogP contribution in [0, 0.1) is 5.92 Å². The van der Waals surface area contributed by atoms with Gasteiger partial charge < -0.3 is 15.0 Å². The van der Waals surface area contributed by atoms with Gasteiger partial charge in [-0.15, -0.1) is 0 Å². The number of ether oxygens (including phenoxy) is 1. The van der Waals surface area contributed by atoms with E-state index in [1.54, 1.807) is 30.2 Å². The molecule has 0 radical (unpaired) electrons. The Balaban J connectivity index is 1.52. The number of nitrogens with one attached hydrogen (secondary N) is 1. The second-order valence-corrected chi connectivity index (χ2v) is 7.74. The van der Waals surface area contributed by atoms with Crippen LogP contribution < -0.4 is 10.1 Å². The minimum Gasteiger partial charge on any atom is -0.497 e. The van der Waals surface area contributed by atoms with Crippen molar-refractivity contribution < 1.29 is 14.3 Å². The summed E-state index contributed by atoms with van der Waals surface area (Å²) in [6.45, 7) is 1.33. The molecular formula is C26H26N2O3. The van der Waals surface area contributed by atoms with Gasteiger partial charge in [0.05, 0.1) is 13.0 Å². The van der Waals surface area contributed by atoms with Crippen molar-refractivity contribution in [2.24, 2.45) is 5.92 Å². The van der Waals surface area contributed by atoms with Gasteiger partial charge in [0, 0.05) is 25.2 Å². The lowest BCUT2D eigenvalue weighted by molar-refractivity contribution is -0.124. The molecule has 2 amide bonds. The Morgan fingerprint density at radius 2 is 1.77 bits per heavy atom. The zero-order chi connectivity index (χ0) is 21.6. The van der Waals surface area contributed by atoms with Crippen LogP contribution in [-0.4, -0.2) is 43.5 Å². The summed E-state index contributed by atoms with van der Waals surface area (Å²) < 4.78 is 5.24. The molecule has 158 valence electrons. The Labute approximate surface area is 182 Å². The quantitative estimate of drug-likeness (QED) is 0.691. The third-order valence-electron chi connectivity index (χ3n) is 5.61.